The van der Waals surface area contributed by atoms with Gasteiger partial charge in [-0.3, -0.25) is 0 Å². The third kappa shape index (κ3) is 3.65. The van der Waals surface area contributed by atoms with Gasteiger partial charge in [0.05, 0.1) is 0 Å². The first-order valence-electron chi connectivity index (χ1n) is 9.33. The summed E-state index contributed by atoms with van der Waals surface area (Å²) in [7, 11) is 0. The van der Waals surface area contributed by atoms with Gasteiger partial charge >= 0.3 is 0 Å². The Morgan fingerprint density at radius 3 is 0.708 bits per heavy atom. The van der Waals surface area contributed by atoms with Crippen molar-refractivity contribution in [2.24, 2.45) is 0 Å². The summed E-state index contributed by atoms with van der Waals surface area (Å²) in [5.74, 6) is 4.01. The van der Waals surface area contributed by atoms with Gasteiger partial charge in [-0.25, -0.2) is 0 Å². The van der Waals surface area contributed by atoms with Crippen molar-refractivity contribution in [3.8, 4) is 0 Å². The van der Waals surface area contributed by atoms with Crippen molar-refractivity contribution in [2.45, 2.75) is 101 Å². The van der Waals surface area contributed by atoms with Crippen molar-refractivity contribution in [1.29, 1.82) is 0 Å². The lowest BCUT2D eigenvalue weighted by molar-refractivity contribution is 0.0689. The van der Waals surface area contributed by atoms with Gasteiger partial charge in [0.25, 0.3) is 0 Å². The summed E-state index contributed by atoms with van der Waals surface area (Å²) in [6.07, 6.45) is 0. The lowest BCUT2D eigenvalue weighted by Crippen LogP contribution is -2.56. The van der Waals surface area contributed by atoms with Crippen molar-refractivity contribution in [2.75, 3.05) is 0 Å². The molecular formula is C21H39N3. The van der Waals surface area contributed by atoms with Crippen LogP contribution >= 0.6 is 0 Å². The van der Waals surface area contributed by atoms with Crippen molar-refractivity contribution in [3.05, 3.63) is 34.2 Å². The Labute approximate surface area is 150 Å². The fraction of sp³-hybridized carbons (Fsp3) is 0.714. The van der Waals surface area contributed by atoms with Gasteiger partial charge in [-0.05, 0) is 99.8 Å². The molecule has 138 valence electrons. The molecule has 0 radical (unpaired) electrons. The molecule has 0 aromatic rings. The van der Waals surface area contributed by atoms with Crippen LogP contribution in [0.4, 0.5) is 0 Å². The molecule has 0 atom stereocenters. The van der Waals surface area contributed by atoms with Crippen LogP contribution in [-0.4, -0.2) is 32.8 Å². The molecule has 0 bridgehead atoms. The monoisotopic (exact) mass is 333 g/mol. The zero-order chi connectivity index (χ0) is 18.9. The Balaban J connectivity index is 3.93. The Hall–Kier alpha value is -1.38. The second-order valence-electron chi connectivity index (χ2n) is 8.36. The molecule has 1 rings (SSSR count). The quantitative estimate of drug-likeness (QED) is 0.638. The number of nitrogens with zero attached hydrogens (tertiary/aromatic N) is 3. The summed E-state index contributed by atoms with van der Waals surface area (Å²) in [6.45, 7) is 27.1. The molecule has 0 aromatic carbocycles. The number of hydrogen-bond acceptors (Lipinski definition) is 3. The van der Waals surface area contributed by atoms with Crippen molar-refractivity contribution in [1.82, 2.24) is 14.7 Å². The fourth-order valence-electron chi connectivity index (χ4n) is 3.56. The molecule has 0 aliphatic carbocycles. The van der Waals surface area contributed by atoms with E-state index in [1.54, 1.807) is 0 Å². The van der Waals surface area contributed by atoms with Crippen LogP contribution in [0.1, 0.15) is 83.1 Å². The number of rotatable bonds is 3. The maximum absolute atomic E-state index is 2.52. The highest BCUT2D eigenvalue weighted by atomic mass is 15.5. The maximum Gasteiger partial charge on any atom is 0.114 e. The predicted octanol–water partition coefficient (Wildman–Crippen LogP) is 5.89. The van der Waals surface area contributed by atoms with Crippen molar-refractivity contribution >= 4 is 0 Å². The molecule has 0 amide bonds. The van der Waals surface area contributed by atoms with Gasteiger partial charge in [0.15, 0.2) is 0 Å². The number of hydrogen-bond donors (Lipinski definition) is 0. The predicted molar refractivity (Wildman–Crippen MR) is 106 cm³/mol. The van der Waals surface area contributed by atoms with Crippen LogP contribution in [0.2, 0.25) is 0 Å². The van der Waals surface area contributed by atoms with E-state index in [1.165, 1.54) is 34.2 Å². The summed E-state index contributed by atoms with van der Waals surface area (Å²) in [6, 6.07) is 1.21. The Morgan fingerprint density at radius 1 is 0.458 bits per heavy atom. The summed E-state index contributed by atoms with van der Waals surface area (Å²) in [5, 5.41) is 0. The first kappa shape index (κ1) is 20.7. The summed E-state index contributed by atoms with van der Waals surface area (Å²) < 4.78 is 0. The molecule has 0 aromatic heterocycles. The molecule has 0 unspecified atom stereocenters. The average Bonchev–Trinajstić information content (AvgIpc) is 2.42. The molecule has 1 aliphatic heterocycles. The van der Waals surface area contributed by atoms with Gasteiger partial charge in [-0.15, -0.1) is 0 Å². The highest BCUT2D eigenvalue weighted by Crippen LogP contribution is 2.41. The third-order valence-electron chi connectivity index (χ3n) is 4.26. The fourth-order valence-corrected chi connectivity index (χ4v) is 3.56. The van der Waals surface area contributed by atoms with Crippen LogP contribution in [0.15, 0.2) is 34.2 Å². The van der Waals surface area contributed by atoms with E-state index in [-0.39, 0.29) is 0 Å². The Morgan fingerprint density at radius 2 is 0.625 bits per heavy atom. The summed E-state index contributed by atoms with van der Waals surface area (Å²) in [4.78, 5) is 7.57. The first-order valence-corrected chi connectivity index (χ1v) is 9.33. The first-order chi connectivity index (χ1) is 10.9. The number of allylic oxidation sites excluding steroid dienone is 3. The zero-order valence-electron chi connectivity index (χ0n) is 18.1. The van der Waals surface area contributed by atoms with Crippen LogP contribution < -0.4 is 0 Å². The minimum Gasteiger partial charge on any atom is -0.311 e. The zero-order valence-corrected chi connectivity index (χ0v) is 18.1. The van der Waals surface area contributed by atoms with Crippen molar-refractivity contribution < 1.29 is 0 Å². The molecule has 1 fully saturated rings. The highest BCUT2D eigenvalue weighted by molar-refractivity contribution is 5.34. The van der Waals surface area contributed by atoms with Gasteiger partial charge in [0.1, 0.15) is 17.5 Å². The van der Waals surface area contributed by atoms with E-state index in [1.807, 2.05) is 0 Å². The molecule has 1 heterocycles. The molecule has 3 nitrogen and oxygen atoms in total. The van der Waals surface area contributed by atoms with Crippen LogP contribution in [0.25, 0.3) is 0 Å². The van der Waals surface area contributed by atoms with E-state index in [4.69, 9.17) is 0 Å². The standard InChI is InChI=1S/C21H39N3/c1-13(2)19-22(16(7)8)20(14(3)4)24(18(11)12)21(15(5)6)23(19)17(9)10/h16-18H,1-12H3. The topological polar surface area (TPSA) is 9.72 Å². The third-order valence-corrected chi connectivity index (χ3v) is 4.26. The van der Waals surface area contributed by atoms with Crippen LogP contribution in [-0.2, 0) is 0 Å². The lowest BCUT2D eigenvalue weighted by Gasteiger charge is -2.55. The minimum absolute atomic E-state index is 0.404. The van der Waals surface area contributed by atoms with Gasteiger partial charge in [0, 0.05) is 18.1 Å². The average molecular weight is 334 g/mol. The molecule has 1 aliphatic rings. The van der Waals surface area contributed by atoms with E-state index in [0.29, 0.717) is 18.1 Å². The van der Waals surface area contributed by atoms with E-state index >= 15 is 0 Å². The molecule has 1 saturated heterocycles. The van der Waals surface area contributed by atoms with E-state index < -0.39 is 0 Å². The highest BCUT2D eigenvalue weighted by Gasteiger charge is 2.40. The normalized spacial score (nSPS) is 16.1. The maximum atomic E-state index is 2.52. The van der Waals surface area contributed by atoms with Crippen LogP contribution in [0, 0.1) is 0 Å². The molecule has 24 heavy (non-hydrogen) atoms. The molecule has 0 saturated carbocycles. The van der Waals surface area contributed by atoms with Gasteiger partial charge in [-0.1, -0.05) is 0 Å². The van der Waals surface area contributed by atoms with Crippen LogP contribution in [0.5, 0.6) is 0 Å². The van der Waals surface area contributed by atoms with Gasteiger partial charge < -0.3 is 14.7 Å². The second kappa shape index (κ2) is 7.67. The summed E-state index contributed by atoms with van der Waals surface area (Å²) >= 11 is 0. The molecule has 0 N–H and O–H groups in total. The summed E-state index contributed by atoms with van der Waals surface area (Å²) in [5.41, 5.74) is 4.08. The van der Waals surface area contributed by atoms with Crippen molar-refractivity contribution in [3.63, 3.8) is 0 Å². The van der Waals surface area contributed by atoms with Gasteiger partial charge in [-0.2, -0.15) is 0 Å². The van der Waals surface area contributed by atoms with E-state index in [9.17, 15) is 0 Å². The Kier molecular flexibility index (Phi) is 6.60. The molecule has 3 heteroatoms. The second-order valence-corrected chi connectivity index (χ2v) is 8.36. The smallest absolute Gasteiger partial charge is 0.114 e. The minimum atomic E-state index is 0.404. The molecular weight excluding hydrogens is 294 g/mol. The largest absolute Gasteiger partial charge is 0.311 e. The SMILES string of the molecule is CC(C)=C1N(C(C)C)C(=C(C)C)N(C(C)C)C(=C(C)C)N1C(C)C. The van der Waals surface area contributed by atoms with Gasteiger partial charge in [0.2, 0.25) is 0 Å². The van der Waals surface area contributed by atoms with Crippen LogP contribution in [0.3, 0.4) is 0 Å². The lowest BCUT2D eigenvalue weighted by atomic mass is 10.1. The van der Waals surface area contributed by atoms with E-state index in [2.05, 4.69) is 97.8 Å². The van der Waals surface area contributed by atoms with E-state index in [0.717, 1.165) is 0 Å². The molecule has 0 spiro atoms. The Bertz CT molecular complexity index is 451.